The molecular formula is C17H22N4O3S. The van der Waals surface area contributed by atoms with Crippen molar-refractivity contribution in [2.75, 3.05) is 16.2 Å². The first-order valence-electron chi connectivity index (χ1n) is 8.26. The van der Waals surface area contributed by atoms with E-state index in [0.29, 0.717) is 17.1 Å². The number of benzene rings is 1. The lowest BCUT2D eigenvalue weighted by Crippen LogP contribution is -2.30. The van der Waals surface area contributed by atoms with Gasteiger partial charge in [-0.25, -0.2) is 9.19 Å². The van der Waals surface area contributed by atoms with Crippen LogP contribution in [0.15, 0.2) is 24.3 Å². The first-order valence-corrected chi connectivity index (χ1v) is 9.36. The molecule has 8 heteroatoms. The van der Waals surface area contributed by atoms with Gasteiger partial charge in [-0.05, 0) is 43.5 Å². The maximum Gasteiger partial charge on any atom is 0.256 e. The van der Waals surface area contributed by atoms with E-state index in [4.69, 9.17) is 0 Å². The Bertz CT molecular complexity index is 840. The Labute approximate surface area is 149 Å². The Kier molecular flexibility index (Phi) is 4.80. The van der Waals surface area contributed by atoms with Crippen LogP contribution < -0.4 is 14.3 Å². The molecule has 1 aromatic heterocycles. The quantitative estimate of drug-likeness (QED) is 0.759. The lowest BCUT2D eigenvalue weighted by Gasteiger charge is -2.20. The third-order valence-electron chi connectivity index (χ3n) is 4.15. The van der Waals surface area contributed by atoms with Gasteiger partial charge in [0.2, 0.25) is 11.2 Å². The first-order chi connectivity index (χ1) is 11.9. The minimum atomic E-state index is -1.71. The lowest BCUT2D eigenvalue weighted by atomic mass is 10.1. The zero-order chi connectivity index (χ0) is 18.1. The predicted octanol–water partition coefficient (Wildman–Crippen LogP) is 2.30. The average Bonchev–Trinajstić information content (AvgIpc) is 2.79. The van der Waals surface area contributed by atoms with Crippen molar-refractivity contribution in [2.24, 2.45) is 5.92 Å². The fourth-order valence-electron chi connectivity index (χ4n) is 2.68. The van der Waals surface area contributed by atoms with E-state index in [1.807, 2.05) is 12.1 Å². The van der Waals surface area contributed by atoms with Gasteiger partial charge in [0, 0.05) is 11.9 Å². The summed E-state index contributed by atoms with van der Waals surface area (Å²) < 4.78 is 15.8. The summed E-state index contributed by atoms with van der Waals surface area (Å²) in [5, 5.41) is 14.4. The second-order valence-corrected chi connectivity index (χ2v) is 7.65. The number of fused-ring (bicyclic) bond motifs is 1. The summed E-state index contributed by atoms with van der Waals surface area (Å²) in [6, 6.07) is 6.34. The Morgan fingerprint density at radius 3 is 2.80 bits per heavy atom. The van der Waals surface area contributed by atoms with E-state index in [2.05, 4.69) is 28.9 Å². The number of carbonyl (C=O) groups excluding carboxylic acids is 1. The first kappa shape index (κ1) is 17.5. The predicted molar refractivity (Wildman–Crippen MR) is 99.6 cm³/mol. The summed E-state index contributed by atoms with van der Waals surface area (Å²) in [7, 11) is 0. The van der Waals surface area contributed by atoms with E-state index in [1.54, 1.807) is 19.1 Å². The van der Waals surface area contributed by atoms with Gasteiger partial charge in [0.05, 0.1) is 11.2 Å². The third-order valence-corrected chi connectivity index (χ3v) is 5.39. The van der Waals surface area contributed by atoms with E-state index in [1.165, 1.54) is 4.31 Å². The maximum absolute atomic E-state index is 12.1. The van der Waals surface area contributed by atoms with Crippen LogP contribution in [-0.2, 0) is 16.0 Å². The zero-order valence-electron chi connectivity index (χ0n) is 14.4. The fourth-order valence-corrected chi connectivity index (χ4v) is 3.83. The second kappa shape index (κ2) is 6.87. The highest BCUT2D eigenvalue weighted by atomic mass is 32.2. The van der Waals surface area contributed by atoms with Crippen LogP contribution in [0.1, 0.15) is 27.2 Å². The SMILES string of the molecule is CC(C)CCNc1ccc2cc(O)c(N3C(C)C(=O)NS3=O)cc2n1. The molecule has 0 bridgehead atoms. The van der Waals surface area contributed by atoms with Crippen molar-refractivity contribution in [3.05, 3.63) is 24.3 Å². The highest BCUT2D eigenvalue weighted by molar-refractivity contribution is 7.85. The molecule has 3 N–H and O–H groups in total. The van der Waals surface area contributed by atoms with Crippen molar-refractivity contribution < 1.29 is 14.1 Å². The average molecular weight is 362 g/mol. The van der Waals surface area contributed by atoms with Crippen LogP contribution in [0.3, 0.4) is 0 Å². The number of amides is 1. The van der Waals surface area contributed by atoms with Gasteiger partial charge in [-0.1, -0.05) is 13.8 Å². The summed E-state index contributed by atoms with van der Waals surface area (Å²) in [6.45, 7) is 6.79. The highest BCUT2D eigenvalue weighted by Crippen LogP contribution is 2.35. The molecule has 7 nitrogen and oxygen atoms in total. The molecule has 1 amide bonds. The molecule has 0 aliphatic carbocycles. The number of anilines is 2. The molecule has 1 aromatic carbocycles. The van der Waals surface area contributed by atoms with Gasteiger partial charge in [-0.3, -0.25) is 13.8 Å². The Morgan fingerprint density at radius 1 is 1.40 bits per heavy atom. The molecule has 1 aliphatic rings. The number of rotatable bonds is 5. The van der Waals surface area contributed by atoms with Crippen molar-refractivity contribution in [2.45, 2.75) is 33.2 Å². The zero-order valence-corrected chi connectivity index (χ0v) is 15.3. The van der Waals surface area contributed by atoms with E-state index in [0.717, 1.165) is 24.2 Å². The van der Waals surface area contributed by atoms with Crippen LogP contribution >= 0.6 is 0 Å². The molecule has 25 heavy (non-hydrogen) atoms. The van der Waals surface area contributed by atoms with E-state index in [9.17, 15) is 14.1 Å². The van der Waals surface area contributed by atoms with Gasteiger partial charge in [0.15, 0.2) is 0 Å². The van der Waals surface area contributed by atoms with E-state index in [-0.39, 0.29) is 11.7 Å². The molecule has 0 radical (unpaired) electrons. The number of hydrogen-bond acceptors (Lipinski definition) is 5. The number of hydrogen-bond donors (Lipinski definition) is 3. The van der Waals surface area contributed by atoms with E-state index < -0.39 is 17.2 Å². The normalized spacial score (nSPS) is 20.3. The molecule has 0 spiro atoms. The monoisotopic (exact) mass is 362 g/mol. The number of aromatic nitrogens is 1. The molecular weight excluding hydrogens is 340 g/mol. The largest absolute Gasteiger partial charge is 0.506 e. The molecule has 134 valence electrons. The van der Waals surface area contributed by atoms with Crippen molar-refractivity contribution in [3.8, 4) is 5.75 Å². The summed E-state index contributed by atoms with van der Waals surface area (Å²) in [5.41, 5.74) is 0.981. The van der Waals surface area contributed by atoms with Crippen molar-refractivity contribution in [1.29, 1.82) is 0 Å². The van der Waals surface area contributed by atoms with Crippen LogP contribution in [0.5, 0.6) is 5.75 Å². The molecule has 2 atom stereocenters. The van der Waals surface area contributed by atoms with Crippen molar-refractivity contribution in [3.63, 3.8) is 0 Å². The minimum absolute atomic E-state index is 0.0356. The Morgan fingerprint density at radius 2 is 2.16 bits per heavy atom. The summed E-state index contributed by atoms with van der Waals surface area (Å²) in [4.78, 5) is 16.3. The van der Waals surface area contributed by atoms with E-state index >= 15 is 0 Å². The maximum atomic E-state index is 12.1. The second-order valence-electron chi connectivity index (χ2n) is 6.56. The molecule has 1 fully saturated rings. The van der Waals surface area contributed by atoms with Crippen LogP contribution in [0, 0.1) is 5.92 Å². The molecule has 3 rings (SSSR count). The molecule has 0 saturated carbocycles. The van der Waals surface area contributed by atoms with Crippen LogP contribution in [0.25, 0.3) is 10.9 Å². The molecule has 2 aromatic rings. The smallest absolute Gasteiger partial charge is 0.256 e. The number of aromatic hydroxyl groups is 1. The molecule has 1 saturated heterocycles. The highest BCUT2D eigenvalue weighted by Gasteiger charge is 2.36. The topological polar surface area (TPSA) is 94.6 Å². The number of carbonyl (C=O) groups is 1. The molecule has 1 aliphatic heterocycles. The van der Waals surface area contributed by atoms with Gasteiger partial charge in [0.25, 0.3) is 5.91 Å². The molecule has 2 unspecified atom stereocenters. The summed E-state index contributed by atoms with van der Waals surface area (Å²) in [6.07, 6.45) is 1.04. The minimum Gasteiger partial charge on any atom is -0.506 e. The summed E-state index contributed by atoms with van der Waals surface area (Å²) in [5.74, 6) is 0.976. The standard InChI is InChI=1S/C17H22N4O3S/c1-10(2)6-7-18-16-5-4-12-8-15(22)14(9-13(12)19-16)21-11(3)17(23)20-25(21)24/h4-5,8-11,22H,6-7H2,1-3H3,(H,18,19)(H,20,23). The van der Waals surface area contributed by atoms with Crippen LogP contribution in [0.4, 0.5) is 11.5 Å². The van der Waals surface area contributed by atoms with Crippen molar-refractivity contribution >= 4 is 39.5 Å². The Balaban J connectivity index is 1.93. The van der Waals surface area contributed by atoms with Crippen LogP contribution in [-0.4, -0.2) is 32.8 Å². The van der Waals surface area contributed by atoms with Gasteiger partial charge in [-0.2, -0.15) is 0 Å². The van der Waals surface area contributed by atoms with Crippen molar-refractivity contribution in [1.82, 2.24) is 9.71 Å². The number of nitrogens with one attached hydrogen (secondary N) is 2. The van der Waals surface area contributed by atoms with Gasteiger partial charge in [0.1, 0.15) is 17.6 Å². The van der Waals surface area contributed by atoms with Gasteiger partial charge in [-0.15, -0.1) is 0 Å². The summed E-state index contributed by atoms with van der Waals surface area (Å²) >= 11 is -1.71. The van der Waals surface area contributed by atoms with Gasteiger partial charge >= 0.3 is 0 Å². The number of phenolic OH excluding ortho intramolecular Hbond substituents is 1. The lowest BCUT2D eigenvalue weighted by molar-refractivity contribution is -0.119. The van der Waals surface area contributed by atoms with Gasteiger partial charge < -0.3 is 10.4 Å². The number of pyridine rings is 1. The number of nitrogens with zero attached hydrogens (tertiary/aromatic N) is 2. The Hall–Kier alpha value is -2.35. The molecule has 2 heterocycles. The third kappa shape index (κ3) is 3.53. The number of phenols is 1. The van der Waals surface area contributed by atoms with Crippen LogP contribution in [0.2, 0.25) is 0 Å². The fraction of sp³-hybridized carbons (Fsp3) is 0.412.